The molecule has 106 valence electrons. The first kappa shape index (κ1) is 13.1. The minimum absolute atomic E-state index is 0.163. The molecule has 0 amide bonds. The highest BCUT2D eigenvalue weighted by Gasteiger charge is 2.27. The first-order chi connectivity index (χ1) is 9.78. The molecule has 0 bridgehead atoms. The number of rotatable bonds is 3. The second kappa shape index (κ2) is 5.58. The Kier molecular flexibility index (Phi) is 3.64. The maximum atomic E-state index is 5.76. The first-order valence-electron chi connectivity index (χ1n) is 6.87. The molecule has 0 spiro atoms. The van der Waals surface area contributed by atoms with Crippen molar-refractivity contribution in [3.8, 4) is 0 Å². The summed E-state index contributed by atoms with van der Waals surface area (Å²) in [6, 6.07) is 2.03. The maximum Gasteiger partial charge on any atom is 0.247 e. The van der Waals surface area contributed by atoms with Crippen molar-refractivity contribution in [1.82, 2.24) is 15.2 Å². The van der Waals surface area contributed by atoms with Gasteiger partial charge in [0.25, 0.3) is 0 Å². The molecular weight excluding hydrogens is 256 g/mol. The highest BCUT2D eigenvalue weighted by Crippen LogP contribution is 2.27. The molecule has 0 aliphatic carbocycles. The van der Waals surface area contributed by atoms with E-state index < -0.39 is 0 Å². The largest absolute Gasteiger partial charge is 0.422 e. The van der Waals surface area contributed by atoms with E-state index in [1.807, 2.05) is 25.4 Å². The summed E-state index contributed by atoms with van der Waals surface area (Å²) in [5.41, 5.74) is 2.34. The van der Waals surface area contributed by atoms with Crippen LogP contribution >= 0.6 is 0 Å². The lowest BCUT2D eigenvalue weighted by Crippen LogP contribution is -2.38. The number of aryl methyl sites for hydroxylation is 2. The van der Waals surface area contributed by atoms with Crippen LogP contribution in [0.25, 0.3) is 0 Å². The standard InChI is InChI=1S/C14H18N4O2/c1-3-13-16-17-14(20-13)12-9-18(6-7-19-12)11-4-5-15-8-10(11)2/h4-5,8,12H,3,6-7,9H2,1-2H3. The Hall–Kier alpha value is -1.95. The number of nitrogens with zero attached hydrogens (tertiary/aromatic N) is 4. The van der Waals surface area contributed by atoms with Crippen molar-refractivity contribution >= 4 is 5.69 Å². The third kappa shape index (κ3) is 2.51. The van der Waals surface area contributed by atoms with Crippen LogP contribution in [0.4, 0.5) is 5.69 Å². The van der Waals surface area contributed by atoms with E-state index >= 15 is 0 Å². The molecule has 0 saturated carbocycles. The van der Waals surface area contributed by atoms with Crippen molar-refractivity contribution in [3.05, 3.63) is 35.8 Å². The second-order valence-corrected chi connectivity index (χ2v) is 4.86. The maximum absolute atomic E-state index is 5.76. The fourth-order valence-corrected chi connectivity index (χ4v) is 2.38. The molecule has 0 radical (unpaired) electrons. The van der Waals surface area contributed by atoms with Gasteiger partial charge in [-0.05, 0) is 18.6 Å². The third-order valence-corrected chi connectivity index (χ3v) is 3.46. The number of morpholine rings is 1. The van der Waals surface area contributed by atoms with E-state index in [2.05, 4.69) is 27.0 Å². The summed E-state index contributed by atoms with van der Waals surface area (Å²) in [6.07, 6.45) is 4.27. The number of anilines is 1. The van der Waals surface area contributed by atoms with Crippen LogP contribution in [0.15, 0.2) is 22.9 Å². The second-order valence-electron chi connectivity index (χ2n) is 4.86. The zero-order valence-corrected chi connectivity index (χ0v) is 11.7. The molecule has 1 aliphatic rings. The van der Waals surface area contributed by atoms with E-state index in [4.69, 9.17) is 9.15 Å². The Morgan fingerprint density at radius 3 is 3.05 bits per heavy atom. The minimum Gasteiger partial charge on any atom is -0.422 e. The van der Waals surface area contributed by atoms with E-state index in [-0.39, 0.29) is 6.10 Å². The van der Waals surface area contributed by atoms with Gasteiger partial charge in [0.15, 0.2) is 6.10 Å². The number of hydrogen-bond donors (Lipinski definition) is 0. The molecule has 3 heterocycles. The molecule has 6 nitrogen and oxygen atoms in total. The molecule has 1 saturated heterocycles. The molecule has 1 unspecified atom stereocenters. The molecular formula is C14H18N4O2. The summed E-state index contributed by atoms with van der Waals surface area (Å²) >= 11 is 0. The normalized spacial score (nSPS) is 19.3. The molecule has 2 aromatic heterocycles. The molecule has 3 rings (SSSR count). The van der Waals surface area contributed by atoms with Gasteiger partial charge in [0.2, 0.25) is 11.8 Å². The van der Waals surface area contributed by atoms with Crippen LogP contribution in [-0.2, 0) is 11.2 Å². The van der Waals surface area contributed by atoms with E-state index in [1.54, 1.807) is 0 Å². The van der Waals surface area contributed by atoms with Gasteiger partial charge < -0.3 is 14.1 Å². The zero-order valence-electron chi connectivity index (χ0n) is 11.7. The van der Waals surface area contributed by atoms with Crippen molar-refractivity contribution in [2.45, 2.75) is 26.4 Å². The van der Waals surface area contributed by atoms with Crippen molar-refractivity contribution in [3.63, 3.8) is 0 Å². The van der Waals surface area contributed by atoms with E-state index in [9.17, 15) is 0 Å². The SMILES string of the molecule is CCc1nnc(C2CN(c3ccncc3C)CCO2)o1. The molecule has 0 aromatic carbocycles. The zero-order chi connectivity index (χ0) is 13.9. The average molecular weight is 274 g/mol. The molecule has 20 heavy (non-hydrogen) atoms. The van der Waals surface area contributed by atoms with Crippen LogP contribution in [0.2, 0.25) is 0 Å². The van der Waals surface area contributed by atoms with E-state index in [0.717, 1.165) is 25.1 Å². The van der Waals surface area contributed by atoms with Gasteiger partial charge in [-0.2, -0.15) is 0 Å². The molecule has 1 atom stereocenters. The number of pyridine rings is 1. The van der Waals surface area contributed by atoms with Gasteiger partial charge in [-0.1, -0.05) is 6.92 Å². The van der Waals surface area contributed by atoms with Crippen LogP contribution in [0.3, 0.4) is 0 Å². The van der Waals surface area contributed by atoms with Gasteiger partial charge >= 0.3 is 0 Å². The van der Waals surface area contributed by atoms with Gasteiger partial charge in [-0.15, -0.1) is 10.2 Å². The molecule has 6 heteroatoms. The molecule has 2 aromatic rings. The van der Waals surface area contributed by atoms with Crippen LogP contribution in [0, 0.1) is 6.92 Å². The van der Waals surface area contributed by atoms with Crippen molar-refractivity contribution in [1.29, 1.82) is 0 Å². The Labute approximate surface area is 117 Å². The fraction of sp³-hybridized carbons (Fsp3) is 0.500. The van der Waals surface area contributed by atoms with Gasteiger partial charge in [0, 0.05) is 31.0 Å². The molecule has 0 N–H and O–H groups in total. The number of hydrogen-bond acceptors (Lipinski definition) is 6. The van der Waals surface area contributed by atoms with Crippen LogP contribution in [0.1, 0.15) is 30.4 Å². The van der Waals surface area contributed by atoms with Gasteiger partial charge in [-0.25, -0.2) is 0 Å². The fourth-order valence-electron chi connectivity index (χ4n) is 2.38. The molecule has 1 fully saturated rings. The summed E-state index contributed by atoms with van der Waals surface area (Å²) in [6.45, 7) is 6.28. The van der Waals surface area contributed by atoms with Crippen molar-refractivity contribution in [2.24, 2.45) is 0 Å². The minimum atomic E-state index is -0.163. The Morgan fingerprint density at radius 1 is 1.40 bits per heavy atom. The third-order valence-electron chi connectivity index (χ3n) is 3.46. The lowest BCUT2D eigenvalue weighted by Gasteiger charge is -2.33. The summed E-state index contributed by atoms with van der Waals surface area (Å²) in [7, 11) is 0. The monoisotopic (exact) mass is 274 g/mol. The van der Waals surface area contributed by atoms with Crippen LogP contribution in [0.5, 0.6) is 0 Å². The van der Waals surface area contributed by atoms with Crippen LogP contribution in [-0.4, -0.2) is 34.9 Å². The number of aromatic nitrogens is 3. The quantitative estimate of drug-likeness (QED) is 0.852. The summed E-state index contributed by atoms with van der Waals surface area (Å²) < 4.78 is 11.4. The number of ether oxygens (including phenoxy) is 1. The molecule has 1 aliphatic heterocycles. The topological polar surface area (TPSA) is 64.3 Å². The predicted molar refractivity (Wildman–Crippen MR) is 73.6 cm³/mol. The first-order valence-corrected chi connectivity index (χ1v) is 6.87. The van der Waals surface area contributed by atoms with Crippen LogP contribution < -0.4 is 4.90 Å². The van der Waals surface area contributed by atoms with Crippen molar-refractivity contribution in [2.75, 3.05) is 24.6 Å². The summed E-state index contributed by atoms with van der Waals surface area (Å²) in [5, 5.41) is 8.08. The smallest absolute Gasteiger partial charge is 0.247 e. The van der Waals surface area contributed by atoms with Crippen molar-refractivity contribution < 1.29 is 9.15 Å². The Morgan fingerprint density at radius 2 is 2.30 bits per heavy atom. The van der Waals surface area contributed by atoms with Gasteiger partial charge in [0.05, 0.1) is 13.2 Å². The predicted octanol–water partition coefficient (Wildman–Crippen LogP) is 1.91. The lowest BCUT2D eigenvalue weighted by atomic mass is 10.2. The highest BCUT2D eigenvalue weighted by atomic mass is 16.5. The van der Waals surface area contributed by atoms with Gasteiger partial charge in [-0.3, -0.25) is 4.98 Å². The Balaban J connectivity index is 1.78. The van der Waals surface area contributed by atoms with E-state index in [1.165, 1.54) is 5.69 Å². The lowest BCUT2D eigenvalue weighted by molar-refractivity contribution is 0.0215. The summed E-state index contributed by atoms with van der Waals surface area (Å²) in [4.78, 5) is 6.41. The van der Waals surface area contributed by atoms with Gasteiger partial charge in [0.1, 0.15) is 0 Å². The average Bonchev–Trinajstić information content (AvgIpc) is 2.97. The Bertz CT molecular complexity index is 584. The van der Waals surface area contributed by atoms with E-state index in [0.29, 0.717) is 18.4 Å². The highest BCUT2D eigenvalue weighted by molar-refractivity contribution is 5.51. The summed E-state index contributed by atoms with van der Waals surface area (Å²) in [5.74, 6) is 1.22.